The number of ether oxygens (including phenoxy) is 1. The van der Waals surface area contributed by atoms with Gasteiger partial charge < -0.3 is 20.0 Å². The molecule has 6 heteroatoms. The summed E-state index contributed by atoms with van der Waals surface area (Å²) < 4.78 is 5.10. The first-order chi connectivity index (χ1) is 10.5. The molecule has 22 heavy (non-hydrogen) atoms. The highest BCUT2D eigenvalue weighted by Gasteiger charge is 2.08. The molecule has 0 aliphatic rings. The van der Waals surface area contributed by atoms with Gasteiger partial charge in [0.2, 0.25) is 5.91 Å². The smallest absolute Gasteiger partial charge is 0.221 e. The van der Waals surface area contributed by atoms with Gasteiger partial charge in [-0.05, 0) is 42.0 Å². The lowest BCUT2D eigenvalue weighted by atomic mass is 10.2. The molecule has 5 nitrogen and oxygen atoms in total. The van der Waals surface area contributed by atoms with E-state index in [1.807, 2.05) is 24.3 Å². The zero-order valence-electron chi connectivity index (χ0n) is 12.1. The zero-order chi connectivity index (χ0) is 16.1. The number of aromatic carboxylic acids is 1. The summed E-state index contributed by atoms with van der Waals surface area (Å²) in [5, 5.41) is 13.6. The van der Waals surface area contributed by atoms with Crippen LogP contribution in [0.1, 0.15) is 17.3 Å². The molecule has 0 fully saturated rings. The van der Waals surface area contributed by atoms with Crippen molar-refractivity contribution in [3.63, 3.8) is 0 Å². The fourth-order valence-corrected chi connectivity index (χ4v) is 2.69. The number of hydrogen-bond donors (Lipinski definition) is 1. The molecule has 2 rings (SSSR count). The summed E-state index contributed by atoms with van der Waals surface area (Å²) in [6.45, 7) is 1.37. The molecule has 114 valence electrons. The lowest BCUT2D eigenvalue weighted by Crippen LogP contribution is -2.22. The van der Waals surface area contributed by atoms with E-state index in [1.165, 1.54) is 30.8 Å². The van der Waals surface area contributed by atoms with Crippen LogP contribution in [0.5, 0.6) is 5.75 Å². The van der Waals surface area contributed by atoms with Crippen molar-refractivity contribution in [2.75, 3.05) is 12.4 Å². The molecule has 2 aromatic rings. The van der Waals surface area contributed by atoms with Gasteiger partial charge in [0, 0.05) is 16.7 Å². The van der Waals surface area contributed by atoms with Crippen molar-refractivity contribution in [2.45, 2.75) is 16.7 Å². The molecule has 0 bridgehead atoms. The van der Waals surface area contributed by atoms with Gasteiger partial charge in [-0.3, -0.25) is 4.79 Å². The van der Waals surface area contributed by atoms with E-state index >= 15 is 0 Å². The number of nitrogens with one attached hydrogen (secondary N) is 1. The Labute approximate surface area is 132 Å². The van der Waals surface area contributed by atoms with Crippen molar-refractivity contribution in [1.29, 1.82) is 0 Å². The lowest BCUT2D eigenvalue weighted by Gasteiger charge is -2.12. The number of carboxylic acid groups (broad SMARTS) is 1. The molecule has 0 heterocycles. The van der Waals surface area contributed by atoms with Gasteiger partial charge in [0.25, 0.3) is 0 Å². The molecule has 0 saturated carbocycles. The van der Waals surface area contributed by atoms with Crippen LogP contribution < -0.4 is 15.2 Å². The summed E-state index contributed by atoms with van der Waals surface area (Å²) in [6.07, 6.45) is 0. The fourth-order valence-electron chi connectivity index (χ4n) is 1.80. The van der Waals surface area contributed by atoms with Crippen molar-refractivity contribution in [3.05, 3.63) is 48.0 Å². The molecule has 0 atom stereocenters. The number of carboxylic acids is 1. The van der Waals surface area contributed by atoms with Gasteiger partial charge in [0.15, 0.2) is 0 Å². The highest BCUT2D eigenvalue weighted by molar-refractivity contribution is 7.99. The van der Waals surface area contributed by atoms with Crippen molar-refractivity contribution >= 4 is 29.3 Å². The third kappa shape index (κ3) is 4.02. The van der Waals surface area contributed by atoms with Crippen LogP contribution in [0.4, 0.5) is 5.69 Å². The second-order valence-electron chi connectivity index (χ2n) is 4.46. The highest BCUT2D eigenvalue weighted by Crippen LogP contribution is 2.34. The maximum absolute atomic E-state index is 11.3. The summed E-state index contributed by atoms with van der Waals surface area (Å²) in [5.41, 5.74) is 0.456. The lowest BCUT2D eigenvalue weighted by molar-refractivity contribution is -0.255. The second kappa shape index (κ2) is 7.00. The van der Waals surface area contributed by atoms with Crippen molar-refractivity contribution < 1.29 is 19.4 Å². The Hall–Kier alpha value is -2.47. The van der Waals surface area contributed by atoms with Gasteiger partial charge in [-0.25, -0.2) is 0 Å². The first-order valence-corrected chi connectivity index (χ1v) is 7.26. The Balaban J connectivity index is 2.31. The van der Waals surface area contributed by atoms with Crippen LogP contribution >= 0.6 is 11.8 Å². The van der Waals surface area contributed by atoms with E-state index in [-0.39, 0.29) is 11.5 Å². The SMILES string of the molecule is COc1ccc(Sc2ccc(C(=O)[O-])cc2NC(C)=O)cc1. The number of amides is 1. The van der Waals surface area contributed by atoms with Crippen LogP contribution in [0.15, 0.2) is 52.3 Å². The first-order valence-electron chi connectivity index (χ1n) is 6.44. The average Bonchev–Trinajstić information content (AvgIpc) is 2.49. The predicted octanol–water partition coefficient (Wildman–Crippen LogP) is 2.17. The molecule has 0 aromatic heterocycles. The molecule has 1 N–H and O–H groups in total. The van der Waals surface area contributed by atoms with E-state index in [9.17, 15) is 14.7 Å². The summed E-state index contributed by atoms with van der Waals surface area (Å²) in [4.78, 5) is 23.9. The normalized spacial score (nSPS) is 10.1. The standard InChI is InChI=1S/C16H15NO4S/c1-10(18)17-14-9-11(16(19)20)3-8-15(14)22-13-6-4-12(21-2)5-7-13/h3-9H,1-2H3,(H,17,18)(H,19,20)/p-1. The van der Waals surface area contributed by atoms with Crippen LogP contribution in [0, 0.1) is 0 Å². The number of rotatable bonds is 5. The van der Waals surface area contributed by atoms with Crippen LogP contribution in [-0.2, 0) is 4.79 Å². The first kappa shape index (κ1) is 15.9. The number of methoxy groups -OCH3 is 1. The third-order valence-electron chi connectivity index (χ3n) is 2.81. The van der Waals surface area contributed by atoms with E-state index in [4.69, 9.17) is 4.74 Å². The number of hydrogen-bond acceptors (Lipinski definition) is 5. The van der Waals surface area contributed by atoms with Gasteiger partial charge in [-0.1, -0.05) is 17.8 Å². The minimum atomic E-state index is -1.28. The number of anilines is 1. The molecule has 0 spiro atoms. The van der Waals surface area contributed by atoms with E-state index in [0.29, 0.717) is 5.69 Å². The van der Waals surface area contributed by atoms with Gasteiger partial charge in [-0.15, -0.1) is 0 Å². The van der Waals surface area contributed by atoms with Gasteiger partial charge >= 0.3 is 0 Å². The Bertz CT molecular complexity index is 698. The van der Waals surface area contributed by atoms with Gasteiger partial charge in [0.05, 0.1) is 18.8 Å². The van der Waals surface area contributed by atoms with Crippen LogP contribution in [-0.4, -0.2) is 19.0 Å². The quantitative estimate of drug-likeness (QED) is 0.914. The highest BCUT2D eigenvalue weighted by atomic mass is 32.2. The Morgan fingerprint density at radius 1 is 1.14 bits per heavy atom. The van der Waals surface area contributed by atoms with Crippen LogP contribution in [0.2, 0.25) is 0 Å². The minimum absolute atomic E-state index is 0.0165. The molecule has 1 amide bonds. The Morgan fingerprint density at radius 2 is 1.82 bits per heavy atom. The molecule has 0 radical (unpaired) electrons. The summed E-state index contributed by atoms with van der Waals surface area (Å²) >= 11 is 1.41. The number of benzene rings is 2. The molecule has 0 unspecified atom stereocenters. The van der Waals surface area contributed by atoms with Gasteiger partial charge in [-0.2, -0.15) is 0 Å². The molecular formula is C16H14NO4S-. The van der Waals surface area contributed by atoms with E-state index in [0.717, 1.165) is 15.5 Å². The summed E-state index contributed by atoms with van der Waals surface area (Å²) in [6, 6.07) is 11.9. The Morgan fingerprint density at radius 3 is 2.36 bits per heavy atom. The monoisotopic (exact) mass is 316 g/mol. The average molecular weight is 316 g/mol. The molecular weight excluding hydrogens is 302 g/mol. The van der Waals surface area contributed by atoms with Gasteiger partial charge in [0.1, 0.15) is 5.75 Å². The summed E-state index contributed by atoms with van der Waals surface area (Å²) in [5.74, 6) is -0.807. The maximum Gasteiger partial charge on any atom is 0.221 e. The summed E-state index contributed by atoms with van der Waals surface area (Å²) in [7, 11) is 1.59. The topological polar surface area (TPSA) is 78.5 Å². The molecule has 0 aliphatic heterocycles. The maximum atomic E-state index is 11.3. The molecule has 2 aromatic carbocycles. The molecule has 0 saturated heterocycles. The van der Waals surface area contributed by atoms with Crippen LogP contribution in [0.3, 0.4) is 0 Å². The fraction of sp³-hybridized carbons (Fsp3) is 0.125. The van der Waals surface area contributed by atoms with Crippen molar-refractivity contribution in [1.82, 2.24) is 0 Å². The van der Waals surface area contributed by atoms with Crippen LogP contribution in [0.25, 0.3) is 0 Å². The third-order valence-corrected chi connectivity index (χ3v) is 3.90. The second-order valence-corrected chi connectivity index (χ2v) is 5.57. The van der Waals surface area contributed by atoms with Crippen molar-refractivity contribution in [3.8, 4) is 5.75 Å². The van der Waals surface area contributed by atoms with E-state index in [1.54, 1.807) is 13.2 Å². The largest absolute Gasteiger partial charge is 0.545 e. The zero-order valence-corrected chi connectivity index (χ0v) is 12.9. The van der Waals surface area contributed by atoms with E-state index in [2.05, 4.69) is 5.32 Å². The predicted molar refractivity (Wildman–Crippen MR) is 82.2 cm³/mol. The number of carbonyl (C=O) groups excluding carboxylic acids is 2. The van der Waals surface area contributed by atoms with E-state index < -0.39 is 5.97 Å². The van der Waals surface area contributed by atoms with Crippen molar-refractivity contribution in [2.24, 2.45) is 0 Å². The molecule has 0 aliphatic carbocycles. The Kier molecular flexibility index (Phi) is 5.06. The minimum Gasteiger partial charge on any atom is -0.545 e. The number of carbonyl (C=O) groups is 2.